The van der Waals surface area contributed by atoms with Crippen LogP contribution in [-0.2, 0) is 42.2 Å². The Bertz CT molecular complexity index is 1540. The second kappa shape index (κ2) is 15.8. The molecule has 15 heteroatoms. The van der Waals surface area contributed by atoms with Gasteiger partial charge in [0.05, 0.1) is 13.7 Å². The molecule has 1 N–H and O–H groups in total. The lowest BCUT2D eigenvalue weighted by Crippen LogP contribution is -2.46. The lowest BCUT2D eigenvalue weighted by atomic mass is 10.1. The summed E-state index contributed by atoms with van der Waals surface area (Å²) >= 11 is 0. The van der Waals surface area contributed by atoms with Gasteiger partial charge >= 0.3 is 28.4 Å². The van der Waals surface area contributed by atoms with Gasteiger partial charge in [0.25, 0.3) is 0 Å². The molecule has 0 aliphatic carbocycles. The van der Waals surface area contributed by atoms with Crippen LogP contribution in [0.5, 0.6) is 11.5 Å². The molecular formula is C32H42FN3O10S. The highest BCUT2D eigenvalue weighted by Gasteiger charge is 2.38. The van der Waals surface area contributed by atoms with Gasteiger partial charge in [-0.25, -0.2) is 23.0 Å². The molecule has 0 aromatic heterocycles. The minimum absolute atomic E-state index is 0.0231. The molecule has 1 aliphatic heterocycles. The molecule has 2 aromatic carbocycles. The summed E-state index contributed by atoms with van der Waals surface area (Å²) in [7, 11) is -3.96. The molecule has 2 aromatic rings. The first-order valence-electron chi connectivity index (χ1n) is 14.9. The highest BCUT2D eigenvalue weighted by atomic mass is 32.2. The van der Waals surface area contributed by atoms with Crippen LogP contribution >= 0.6 is 0 Å². The number of benzene rings is 2. The third kappa shape index (κ3) is 10.5. The lowest BCUT2D eigenvalue weighted by molar-refractivity contribution is -0.138. The van der Waals surface area contributed by atoms with E-state index in [1.807, 2.05) is 13.8 Å². The van der Waals surface area contributed by atoms with Gasteiger partial charge in [-0.15, -0.1) is 0 Å². The van der Waals surface area contributed by atoms with E-state index in [0.29, 0.717) is 16.4 Å². The third-order valence-electron chi connectivity index (χ3n) is 6.47. The maximum atomic E-state index is 16.7. The molecule has 1 atom stereocenters. The fourth-order valence-electron chi connectivity index (χ4n) is 4.58. The monoisotopic (exact) mass is 679 g/mol. The summed E-state index contributed by atoms with van der Waals surface area (Å²) < 4.78 is 72.7. The summed E-state index contributed by atoms with van der Waals surface area (Å²) in [5, 5.41) is 0. The number of amides is 2. The highest BCUT2D eigenvalue weighted by molar-refractivity contribution is 7.91. The number of ether oxygens (including phenoxy) is 5. The fraction of sp³-hybridized carbons (Fsp3) is 0.469. The van der Waals surface area contributed by atoms with Crippen molar-refractivity contribution in [2.75, 3.05) is 37.7 Å². The minimum atomic E-state index is -4.99. The lowest BCUT2D eigenvalue weighted by Gasteiger charge is -2.30. The normalized spacial score (nSPS) is 14.0. The first-order valence-corrected chi connectivity index (χ1v) is 16.3. The predicted octanol–water partition coefficient (Wildman–Crippen LogP) is 4.74. The zero-order valence-corrected chi connectivity index (χ0v) is 28.2. The van der Waals surface area contributed by atoms with Crippen molar-refractivity contribution in [2.45, 2.75) is 59.4 Å². The topological polar surface area (TPSA) is 150 Å². The molecule has 0 radical (unpaired) electrons. The molecule has 13 nitrogen and oxygen atoms in total. The molecule has 0 saturated heterocycles. The number of nitrogens with one attached hydrogen (secondary N) is 1. The first-order chi connectivity index (χ1) is 22.0. The van der Waals surface area contributed by atoms with Gasteiger partial charge in [0.2, 0.25) is 0 Å². The molecule has 2 amide bonds. The Morgan fingerprint density at radius 2 is 1.87 bits per heavy atom. The van der Waals surface area contributed by atoms with Crippen molar-refractivity contribution in [1.82, 2.24) is 9.62 Å². The summed E-state index contributed by atoms with van der Waals surface area (Å²) in [5.74, 6) is -2.29. The maximum absolute atomic E-state index is 16.7. The zero-order valence-electron chi connectivity index (χ0n) is 27.4. The Morgan fingerprint density at radius 1 is 1.19 bits per heavy atom. The molecule has 1 heterocycles. The van der Waals surface area contributed by atoms with Crippen LogP contribution in [0.15, 0.2) is 49.1 Å². The van der Waals surface area contributed by atoms with Crippen LogP contribution in [0, 0.1) is 11.7 Å². The van der Waals surface area contributed by atoms with Crippen LogP contribution in [-0.4, -0.2) is 76.5 Å². The molecule has 0 saturated carbocycles. The SMILES string of the molecule is C=CCOC(=O)NS(=O)(=O)N(CC(=O)OC)c1c(OCc2ccccc2)cc2c(c1F)CC(CN(CC(C)C)C(=O)OC(C)(C)C)O2. The number of hydrogen-bond acceptors (Lipinski definition) is 10. The molecule has 1 aliphatic rings. The average molecular weight is 680 g/mol. The average Bonchev–Trinajstić information content (AvgIpc) is 3.39. The van der Waals surface area contributed by atoms with Gasteiger partial charge < -0.3 is 28.6 Å². The number of fused-ring (bicyclic) bond motifs is 1. The van der Waals surface area contributed by atoms with Crippen LogP contribution in [0.25, 0.3) is 0 Å². The number of rotatable bonds is 14. The Hall–Kier alpha value is -4.53. The van der Waals surface area contributed by atoms with Crippen molar-refractivity contribution >= 4 is 34.1 Å². The standard InChI is InChI=1S/C32H42FN3O10S/c1-8-14-43-30(38)34-47(40,41)36(19-27(37)42-7)29-26(44-20-22-12-10-9-11-13-22)16-25-24(28(29)33)15-23(45-25)18-35(17-21(2)3)31(39)46-32(4,5)6/h8-13,16,21,23H,1,14-15,17-20H2,2-7H3,(H,34,38). The van der Waals surface area contributed by atoms with Crippen LogP contribution in [0.4, 0.5) is 19.7 Å². The van der Waals surface area contributed by atoms with Crippen molar-refractivity contribution in [3.63, 3.8) is 0 Å². The highest BCUT2D eigenvalue weighted by Crippen LogP contribution is 2.44. The van der Waals surface area contributed by atoms with E-state index < -0.39 is 58.1 Å². The van der Waals surface area contributed by atoms with Gasteiger partial charge in [-0.05, 0) is 32.3 Å². The molecule has 0 fully saturated rings. The van der Waals surface area contributed by atoms with E-state index in [2.05, 4.69) is 11.3 Å². The molecule has 0 bridgehead atoms. The third-order valence-corrected chi connectivity index (χ3v) is 7.79. The molecular weight excluding hydrogens is 637 g/mol. The van der Waals surface area contributed by atoms with Gasteiger partial charge in [0.15, 0.2) is 11.6 Å². The van der Waals surface area contributed by atoms with Crippen molar-refractivity contribution in [3.05, 3.63) is 66.0 Å². The van der Waals surface area contributed by atoms with Gasteiger partial charge in [0, 0.05) is 24.6 Å². The summed E-state index contributed by atoms with van der Waals surface area (Å²) in [6, 6.07) is 10.1. The van der Waals surface area contributed by atoms with E-state index in [1.54, 1.807) is 55.8 Å². The molecule has 47 heavy (non-hydrogen) atoms. The summed E-state index contributed by atoms with van der Waals surface area (Å²) in [4.78, 5) is 39.2. The van der Waals surface area contributed by atoms with E-state index in [1.165, 1.54) is 17.0 Å². The number of esters is 1. The van der Waals surface area contributed by atoms with E-state index >= 15 is 4.39 Å². The molecule has 0 spiro atoms. The fourth-order valence-corrected chi connectivity index (χ4v) is 5.65. The largest absolute Gasteiger partial charge is 0.488 e. The number of carbonyl (C=O) groups excluding carboxylic acids is 3. The number of anilines is 1. The predicted molar refractivity (Wildman–Crippen MR) is 171 cm³/mol. The minimum Gasteiger partial charge on any atom is -0.488 e. The van der Waals surface area contributed by atoms with E-state index in [0.717, 1.165) is 7.11 Å². The number of nitrogens with zero attached hydrogens (tertiary/aromatic N) is 2. The maximum Gasteiger partial charge on any atom is 0.422 e. The number of methoxy groups -OCH3 is 1. The van der Waals surface area contributed by atoms with Crippen LogP contribution in [0.3, 0.4) is 0 Å². The number of halogens is 1. The molecule has 1 unspecified atom stereocenters. The Kier molecular flexibility index (Phi) is 12.5. The van der Waals surface area contributed by atoms with Crippen LogP contribution in [0.1, 0.15) is 45.7 Å². The van der Waals surface area contributed by atoms with Crippen LogP contribution in [0.2, 0.25) is 0 Å². The zero-order chi connectivity index (χ0) is 34.9. The van der Waals surface area contributed by atoms with E-state index in [4.69, 9.17) is 18.9 Å². The summed E-state index contributed by atoms with van der Waals surface area (Å²) in [5.41, 5.74) is -0.763. The van der Waals surface area contributed by atoms with Gasteiger partial charge in [0.1, 0.15) is 42.9 Å². The smallest absolute Gasteiger partial charge is 0.422 e. The van der Waals surface area contributed by atoms with E-state index in [9.17, 15) is 22.8 Å². The number of carbonyl (C=O) groups is 3. The summed E-state index contributed by atoms with van der Waals surface area (Å²) in [6.45, 7) is 11.4. The summed E-state index contributed by atoms with van der Waals surface area (Å²) in [6.07, 6.45) is -1.53. The van der Waals surface area contributed by atoms with Crippen molar-refractivity contribution in [3.8, 4) is 11.5 Å². The Labute approximate surface area is 274 Å². The molecule has 258 valence electrons. The quantitative estimate of drug-likeness (QED) is 0.169. The van der Waals surface area contributed by atoms with Crippen molar-refractivity contribution < 1.29 is 50.9 Å². The van der Waals surface area contributed by atoms with Crippen molar-refractivity contribution in [1.29, 1.82) is 0 Å². The second-order valence-corrected chi connectivity index (χ2v) is 13.7. The van der Waals surface area contributed by atoms with E-state index in [-0.39, 0.29) is 49.2 Å². The second-order valence-electron chi connectivity index (χ2n) is 12.1. The van der Waals surface area contributed by atoms with Crippen molar-refractivity contribution in [2.24, 2.45) is 5.92 Å². The van der Waals surface area contributed by atoms with Gasteiger partial charge in [-0.1, -0.05) is 56.8 Å². The van der Waals surface area contributed by atoms with Crippen LogP contribution < -0.4 is 18.5 Å². The first kappa shape index (κ1) is 36.9. The van der Waals surface area contributed by atoms with Gasteiger partial charge in [-0.2, -0.15) is 8.42 Å². The Morgan fingerprint density at radius 3 is 2.47 bits per heavy atom. The number of hydrogen-bond donors (Lipinski definition) is 1. The molecule has 3 rings (SSSR count). The van der Waals surface area contributed by atoms with Gasteiger partial charge in [-0.3, -0.25) is 4.79 Å². The Balaban J connectivity index is 2.07.